The monoisotopic (exact) mass is 222 g/mol. The molecule has 0 aromatic carbocycles. The van der Waals surface area contributed by atoms with Gasteiger partial charge in [-0.25, -0.2) is 0 Å². The molecule has 88 valence electrons. The van der Waals surface area contributed by atoms with E-state index in [-0.39, 0.29) is 0 Å². The van der Waals surface area contributed by atoms with Gasteiger partial charge in [0.05, 0.1) is 6.04 Å². The lowest BCUT2D eigenvalue weighted by atomic mass is 10.1. The van der Waals surface area contributed by atoms with Crippen molar-refractivity contribution >= 4 is 0 Å². The average Bonchev–Trinajstić information content (AvgIpc) is 2.99. The SMILES string of the molecule is C1CNC(c2nc(CC3CCNC3)no2)C1. The number of hydrogen-bond donors (Lipinski definition) is 2. The number of hydrogen-bond acceptors (Lipinski definition) is 5. The molecule has 0 spiro atoms. The van der Waals surface area contributed by atoms with Crippen molar-refractivity contribution in [2.75, 3.05) is 19.6 Å². The molecule has 0 saturated carbocycles. The van der Waals surface area contributed by atoms with Gasteiger partial charge in [-0.15, -0.1) is 0 Å². The molecule has 2 unspecified atom stereocenters. The third-order valence-electron chi connectivity index (χ3n) is 3.48. The van der Waals surface area contributed by atoms with Crippen molar-refractivity contribution in [3.05, 3.63) is 11.7 Å². The van der Waals surface area contributed by atoms with Crippen molar-refractivity contribution in [2.24, 2.45) is 5.92 Å². The Morgan fingerprint density at radius 1 is 1.31 bits per heavy atom. The minimum atomic E-state index is 0.294. The quantitative estimate of drug-likeness (QED) is 0.786. The van der Waals surface area contributed by atoms with E-state index in [0.29, 0.717) is 12.0 Å². The molecule has 3 rings (SSSR count). The van der Waals surface area contributed by atoms with Crippen LogP contribution in [-0.2, 0) is 6.42 Å². The summed E-state index contributed by atoms with van der Waals surface area (Å²) in [4.78, 5) is 4.49. The molecule has 2 fully saturated rings. The van der Waals surface area contributed by atoms with Gasteiger partial charge in [0.25, 0.3) is 0 Å². The molecule has 1 aromatic rings. The van der Waals surface area contributed by atoms with E-state index in [9.17, 15) is 0 Å². The maximum Gasteiger partial charge on any atom is 0.243 e. The van der Waals surface area contributed by atoms with Gasteiger partial charge < -0.3 is 15.2 Å². The van der Waals surface area contributed by atoms with Crippen LogP contribution in [0.2, 0.25) is 0 Å². The maximum absolute atomic E-state index is 5.31. The Morgan fingerprint density at radius 3 is 3.06 bits per heavy atom. The minimum Gasteiger partial charge on any atom is -0.338 e. The first kappa shape index (κ1) is 10.2. The molecule has 5 heteroatoms. The predicted molar refractivity (Wildman–Crippen MR) is 59.0 cm³/mol. The molecule has 2 N–H and O–H groups in total. The van der Waals surface area contributed by atoms with Gasteiger partial charge >= 0.3 is 0 Å². The first-order valence-corrected chi connectivity index (χ1v) is 6.18. The Morgan fingerprint density at radius 2 is 2.31 bits per heavy atom. The lowest BCUT2D eigenvalue weighted by Crippen LogP contribution is -2.13. The van der Waals surface area contributed by atoms with Gasteiger partial charge in [0.15, 0.2) is 5.82 Å². The molecule has 0 radical (unpaired) electrons. The summed E-state index contributed by atoms with van der Waals surface area (Å²) in [7, 11) is 0. The summed E-state index contributed by atoms with van der Waals surface area (Å²) in [5.74, 6) is 2.33. The van der Waals surface area contributed by atoms with Crippen LogP contribution in [-0.4, -0.2) is 29.8 Å². The summed E-state index contributed by atoms with van der Waals surface area (Å²) in [6.07, 6.45) is 4.50. The van der Waals surface area contributed by atoms with E-state index >= 15 is 0 Å². The van der Waals surface area contributed by atoms with E-state index in [1.807, 2.05) is 0 Å². The molecular weight excluding hydrogens is 204 g/mol. The topological polar surface area (TPSA) is 63.0 Å². The first-order valence-electron chi connectivity index (χ1n) is 6.18. The molecule has 2 aliphatic rings. The first-order chi connectivity index (χ1) is 7.92. The van der Waals surface area contributed by atoms with Crippen LogP contribution in [0.4, 0.5) is 0 Å². The zero-order valence-electron chi connectivity index (χ0n) is 9.41. The van der Waals surface area contributed by atoms with Crippen molar-refractivity contribution < 1.29 is 4.52 Å². The van der Waals surface area contributed by atoms with Crippen LogP contribution in [0.15, 0.2) is 4.52 Å². The van der Waals surface area contributed by atoms with Crippen molar-refractivity contribution in [3.8, 4) is 0 Å². The van der Waals surface area contributed by atoms with E-state index in [4.69, 9.17) is 4.52 Å². The second kappa shape index (κ2) is 4.51. The summed E-state index contributed by atoms with van der Waals surface area (Å²) in [6.45, 7) is 3.28. The second-order valence-corrected chi connectivity index (χ2v) is 4.76. The Hall–Kier alpha value is -0.940. The highest BCUT2D eigenvalue weighted by Gasteiger charge is 2.23. The van der Waals surface area contributed by atoms with Gasteiger partial charge in [0, 0.05) is 6.42 Å². The molecule has 2 atom stereocenters. The Labute approximate surface area is 95.0 Å². The summed E-state index contributed by atoms with van der Waals surface area (Å²) in [5.41, 5.74) is 0. The van der Waals surface area contributed by atoms with E-state index in [1.165, 1.54) is 12.8 Å². The van der Waals surface area contributed by atoms with Crippen LogP contribution in [0.5, 0.6) is 0 Å². The molecular formula is C11H18N4O. The summed E-state index contributed by atoms with van der Waals surface area (Å²) in [5, 5.41) is 10.8. The fraction of sp³-hybridized carbons (Fsp3) is 0.818. The lowest BCUT2D eigenvalue weighted by molar-refractivity contribution is 0.339. The number of aromatic nitrogens is 2. The maximum atomic E-state index is 5.31. The summed E-state index contributed by atoms with van der Waals surface area (Å²) in [6, 6.07) is 0.294. The van der Waals surface area contributed by atoms with Gasteiger partial charge in [0.2, 0.25) is 5.89 Å². The van der Waals surface area contributed by atoms with Crippen LogP contribution in [0.1, 0.15) is 37.0 Å². The Balaban J connectivity index is 1.62. The predicted octanol–water partition coefficient (Wildman–Crippen LogP) is 0.646. The molecule has 5 nitrogen and oxygen atoms in total. The second-order valence-electron chi connectivity index (χ2n) is 4.76. The third kappa shape index (κ3) is 2.10. The molecule has 0 bridgehead atoms. The van der Waals surface area contributed by atoms with Crippen molar-refractivity contribution in [2.45, 2.75) is 31.7 Å². The van der Waals surface area contributed by atoms with E-state index < -0.39 is 0 Å². The van der Waals surface area contributed by atoms with Gasteiger partial charge in [0.1, 0.15) is 0 Å². The molecule has 1 aromatic heterocycles. The van der Waals surface area contributed by atoms with Crippen LogP contribution >= 0.6 is 0 Å². The standard InChI is InChI=1S/C11H18N4O/c1-2-9(13-4-1)11-14-10(15-16-11)6-8-3-5-12-7-8/h8-9,12-13H,1-7H2. The van der Waals surface area contributed by atoms with Gasteiger partial charge in [-0.1, -0.05) is 5.16 Å². The van der Waals surface area contributed by atoms with E-state index in [2.05, 4.69) is 20.8 Å². The van der Waals surface area contributed by atoms with Crippen LogP contribution in [0, 0.1) is 5.92 Å². The largest absolute Gasteiger partial charge is 0.338 e. The van der Waals surface area contributed by atoms with Gasteiger partial charge in [-0.2, -0.15) is 4.98 Å². The minimum absolute atomic E-state index is 0.294. The van der Waals surface area contributed by atoms with Gasteiger partial charge in [-0.05, 0) is 44.8 Å². The molecule has 3 heterocycles. The number of nitrogens with one attached hydrogen (secondary N) is 2. The molecule has 2 saturated heterocycles. The van der Waals surface area contributed by atoms with Gasteiger partial charge in [-0.3, -0.25) is 0 Å². The fourth-order valence-corrected chi connectivity index (χ4v) is 2.53. The van der Waals surface area contributed by atoms with Crippen molar-refractivity contribution in [1.29, 1.82) is 0 Å². The zero-order chi connectivity index (χ0) is 10.8. The molecule has 16 heavy (non-hydrogen) atoms. The normalized spacial score (nSPS) is 30.0. The van der Waals surface area contributed by atoms with Crippen LogP contribution in [0.3, 0.4) is 0 Å². The summed E-state index contributed by atoms with van der Waals surface area (Å²) >= 11 is 0. The van der Waals surface area contributed by atoms with Crippen LogP contribution < -0.4 is 10.6 Å². The van der Waals surface area contributed by atoms with E-state index in [0.717, 1.165) is 44.2 Å². The number of rotatable bonds is 3. The lowest BCUT2D eigenvalue weighted by Gasteiger charge is -2.03. The van der Waals surface area contributed by atoms with Crippen molar-refractivity contribution in [3.63, 3.8) is 0 Å². The van der Waals surface area contributed by atoms with E-state index in [1.54, 1.807) is 0 Å². The Bertz CT molecular complexity index is 340. The highest BCUT2D eigenvalue weighted by atomic mass is 16.5. The fourth-order valence-electron chi connectivity index (χ4n) is 2.53. The number of nitrogens with zero attached hydrogens (tertiary/aromatic N) is 2. The molecule has 0 aliphatic carbocycles. The summed E-state index contributed by atoms with van der Waals surface area (Å²) < 4.78 is 5.31. The molecule has 2 aliphatic heterocycles. The molecule has 0 amide bonds. The smallest absolute Gasteiger partial charge is 0.243 e. The zero-order valence-corrected chi connectivity index (χ0v) is 9.41. The van der Waals surface area contributed by atoms with Crippen LogP contribution in [0.25, 0.3) is 0 Å². The Kier molecular flexibility index (Phi) is 2.88. The highest BCUT2D eigenvalue weighted by Crippen LogP contribution is 2.22. The average molecular weight is 222 g/mol. The van der Waals surface area contributed by atoms with Crippen molar-refractivity contribution in [1.82, 2.24) is 20.8 Å². The third-order valence-corrected chi connectivity index (χ3v) is 3.48. The highest BCUT2D eigenvalue weighted by molar-refractivity contribution is 4.96.